The van der Waals surface area contributed by atoms with Crippen LogP contribution in [-0.4, -0.2) is 11.1 Å². The Morgan fingerprint density at radius 3 is 2.47 bits per heavy atom. The Morgan fingerprint density at radius 2 is 1.89 bits per heavy atom. The van der Waals surface area contributed by atoms with Crippen LogP contribution in [0.5, 0.6) is 0 Å². The molecule has 0 radical (unpaired) electrons. The maximum absolute atomic E-state index is 11.1. The number of nitrogen functional groups attached to an aromatic ring is 1. The number of anilines is 1. The van der Waals surface area contributed by atoms with Gasteiger partial charge in [-0.25, -0.2) is 4.79 Å². The fraction of sp³-hybridized carbons (Fsp3) is 0.188. The molecule has 3 heteroatoms. The lowest BCUT2D eigenvalue weighted by molar-refractivity contribution is 0.0697. The van der Waals surface area contributed by atoms with Crippen molar-refractivity contribution in [2.75, 3.05) is 5.73 Å². The molecule has 0 saturated carbocycles. The highest BCUT2D eigenvalue weighted by atomic mass is 16.4. The highest BCUT2D eigenvalue weighted by Crippen LogP contribution is 2.31. The van der Waals surface area contributed by atoms with Crippen molar-refractivity contribution in [2.24, 2.45) is 0 Å². The summed E-state index contributed by atoms with van der Waals surface area (Å²) >= 11 is 0. The molecule has 0 fully saturated rings. The van der Waals surface area contributed by atoms with Crippen LogP contribution in [0.1, 0.15) is 35.7 Å². The number of carboxylic acids is 1. The number of aromatic carboxylic acids is 1. The Hall–Kier alpha value is -2.29. The second-order valence-corrected chi connectivity index (χ2v) is 4.89. The molecule has 0 aliphatic rings. The van der Waals surface area contributed by atoms with E-state index in [0.29, 0.717) is 17.2 Å². The Balaban J connectivity index is 2.64. The van der Waals surface area contributed by atoms with E-state index >= 15 is 0 Å². The number of carboxylic acid groups (broad SMARTS) is 1. The summed E-state index contributed by atoms with van der Waals surface area (Å²) in [7, 11) is 0. The average Bonchev–Trinajstić information content (AvgIpc) is 2.37. The van der Waals surface area contributed by atoms with E-state index < -0.39 is 5.97 Å². The van der Waals surface area contributed by atoms with Crippen molar-refractivity contribution in [3.8, 4) is 11.1 Å². The Labute approximate surface area is 112 Å². The topological polar surface area (TPSA) is 63.3 Å². The minimum Gasteiger partial charge on any atom is -0.478 e. The van der Waals surface area contributed by atoms with Gasteiger partial charge in [0, 0.05) is 5.69 Å². The van der Waals surface area contributed by atoms with Gasteiger partial charge in [-0.1, -0.05) is 32.0 Å². The van der Waals surface area contributed by atoms with Crippen LogP contribution in [0.15, 0.2) is 42.5 Å². The Bertz CT molecular complexity index is 618. The standard InChI is InChI=1S/C16H17NO2/c1-10(2)14-7-6-12(16(18)19)9-15(14)11-4-3-5-13(17)8-11/h3-10H,17H2,1-2H3,(H,18,19). The molecule has 0 atom stereocenters. The van der Waals surface area contributed by atoms with Crippen LogP contribution in [0.25, 0.3) is 11.1 Å². The average molecular weight is 255 g/mol. The van der Waals surface area contributed by atoms with Gasteiger partial charge in [-0.15, -0.1) is 0 Å². The van der Waals surface area contributed by atoms with E-state index in [1.165, 1.54) is 0 Å². The van der Waals surface area contributed by atoms with Crippen molar-refractivity contribution in [1.29, 1.82) is 0 Å². The number of nitrogens with two attached hydrogens (primary N) is 1. The number of hydrogen-bond donors (Lipinski definition) is 2. The second kappa shape index (κ2) is 5.14. The molecule has 0 spiro atoms. The van der Waals surface area contributed by atoms with Crippen LogP contribution >= 0.6 is 0 Å². The van der Waals surface area contributed by atoms with Gasteiger partial charge >= 0.3 is 5.97 Å². The first-order valence-electron chi connectivity index (χ1n) is 6.22. The van der Waals surface area contributed by atoms with Crippen LogP contribution in [0, 0.1) is 0 Å². The number of hydrogen-bond acceptors (Lipinski definition) is 2. The van der Waals surface area contributed by atoms with E-state index in [1.807, 2.05) is 30.3 Å². The molecule has 0 amide bonds. The molecule has 0 aromatic heterocycles. The van der Waals surface area contributed by atoms with Crippen LogP contribution in [0.3, 0.4) is 0 Å². The minimum atomic E-state index is -0.916. The van der Waals surface area contributed by atoms with Crippen molar-refractivity contribution in [3.63, 3.8) is 0 Å². The summed E-state index contributed by atoms with van der Waals surface area (Å²) in [5.74, 6) is -0.597. The zero-order valence-electron chi connectivity index (χ0n) is 11.1. The van der Waals surface area contributed by atoms with Gasteiger partial charge in [-0.3, -0.25) is 0 Å². The fourth-order valence-corrected chi connectivity index (χ4v) is 2.15. The number of carbonyl (C=O) groups is 1. The van der Waals surface area contributed by atoms with Crippen LogP contribution in [-0.2, 0) is 0 Å². The van der Waals surface area contributed by atoms with Gasteiger partial charge in [-0.2, -0.15) is 0 Å². The molecule has 98 valence electrons. The van der Waals surface area contributed by atoms with Crippen LogP contribution in [0.2, 0.25) is 0 Å². The zero-order valence-corrected chi connectivity index (χ0v) is 11.1. The molecule has 2 aromatic carbocycles. The fourth-order valence-electron chi connectivity index (χ4n) is 2.15. The lowest BCUT2D eigenvalue weighted by Crippen LogP contribution is -2.00. The van der Waals surface area contributed by atoms with Gasteiger partial charge < -0.3 is 10.8 Å². The first-order valence-corrected chi connectivity index (χ1v) is 6.22. The lowest BCUT2D eigenvalue weighted by Gasteiger charge is -2.14. The first kappa shape index (κ1) is 13.1. The third kappa shape index (κ3) is 2.76. The van der Waals surface area contributed by atoms with E-state index in [1.54, 1.807) is 12.1 Å². The normalized spacial score (nSPS) is 10.7. The molecule has 0 unspecified atom stereocenters. The predicted octanol–water partition coefficient (Wildman–Crippen LogP) is 3.76. The third-order valence-corrected chi connectivity index (χ3v) is 3.12. The molecule has 0 aliphatic carbocycles. The summed E-state index contributed by atoms with van der Waals surface area (Å²) in [6.07, 6.45) is 0. The first-order chi connectivity index (χ1) is 8.99. The molecule has 19 heavy (non-hydrogen) atoms. The van der Waals surface area contributed by atoms with Gasteiger partial charge in [0.25, 0.3) is 0 Å². The summed E-state index contributed by atoms with van der Waals surface area (Å²) in [4.78, 5) is 11.1. The number of rotatable bonds is 3. The lowest BCUT2D eigenvalue weighted by atomic mass is 9.91. The highest BCUT2D eigenvalue weighted by Gasteiger charge is 2.12. The van der Waals surface area contributed by atoms with E-state index in [-0.39, 0.29) is 0 Å². The minimum absolute atomic E-state index is 0.293. The van der Waals surface area contributed by atoms with Crippen molar-refractivity contribution in [3.05, 3.63) is 53.6 Å². The van der Waals surface area contributed by atoms with E-state index in [0.717, 1.165) is 16.7 Å². The maximum atomic E-state index is 11.1. The third-order valence-electron chi connectivity index (χ3n) is 3.12. The molecule has 0 bridgehead atoms. The Morgan fingerprint density at radius 1 is 1.16 bits per heavy atom. The molecule has 2 aromatic rings. The quantitative estimate of drug-likeness (QED) is 0.821. The van der Waals surface area contributed by atoms with Gasteiger partial charge in [0.15, 0.2) is 0 Å². The summed E-state index contributed by atoms with van der Waals surface area (Å²) < 4.78 is 0. The van der Waals surface area contributed by atoms with Crippen molar-refractivity contribution in [2.45, 2.75) is 19.8 Å². The second-order valence-electron chi connectivity index (χ2n) is 4.89. The van der Waals surface area contributed by atoms with Crippen molar-refractivity contribution in [1.82, 2.24) is 0 Å². The Kier molecular flexibility index (Phi) is 3.56. The maximum Gasteiger partial charge on any atom is 0.335 e. The molecule has 3 nitrogen and oxygen atoms in total. The highest BCUT2D eigenvalue weighted by molar-refractivity contribution is 5.90. The summed E-state index contributed by atoms with van der Waals surface area (Å²) in [6.45, 7) is 4.18. The van der Waals surface area contributed by atoms with Gasteiger partial charge in [0.2, 0.25) is 0 Å². The summed E-state index contributed by atoms with van der Waals surface area (Å²) in [5.41, 5.74) is 9.78. The van der Waals surface area contributed by atoms with Crippen LogP contribution in [0.4, 0.5) is 5.69 Å². The molecular weight excluding hydrogens is 238 g/mol. The van der Waals surface area contributed by atoms with E-state index in [9.17, 15) is 4.79 Å². The van der Waals surface area contributed by atoms with Gasteiger partial charge in [0.05, 0.1) is 5.56 Å². The van der Waals surface area contributed by atoms with Crippen LogP contribution < -0.4 is 5.73 Å². The SMILES string of the molecule is CC(C)c1ccc(C(=O)O)cc1-c1cccc(N)c1. The monoisotopic (exact) mass is 255 g/mol. The van der Waals surface area contributed by atoms with Gasteiger partial charge in [0.1, 0.15) is 0 Å². The number of benzene rings is 2. The summed E-state index contributed by atoms with van der Waals surface area (Å²) in [5, 5.41) is 9.12. The predicted molar refractivity (Wildman–Crippen MR) is 77.3 cm³/mol. The molecule has 2 rings (SSSR count). The molecule has 3 N–H and O–H groups in total. The largest absolute Gasteiger partial charge is 0.478 e. The van der Waals surface area contributed by atoms with E-state index in [2.05, 4.69) is 13.8 Å². The molecule has 0 heterocycles. The smallest absolute Gasteiger partial charge is 0.335 e. The van der Waals surface area contributed by atoms with E-state index in [4.69, 9.17) is 10.8 Å². The summed E-state index contributed by atoms with van der Waals surface area (Å²) in [6, 6.07) is 12.8. The molecule has 0 saturated heterocycles. The van der Waals surface area contributed by atoms with Gasteiger partial charge in [-0.05, 0) is 46.9 Å². The molecule has 0 aliphatic heterocycles. The zero-order chi connectivity index (χ0) is 14.0. The van der Waals surface area contributed by atoms with Crippen molar-refractivity contribution >= 4 is 11.7 Å². The molecular formula is C16H17NO2. The van der Waals surface area contributed by atoms with Crippen molar-refractivity contribution < 1.29 is 9.90 Å².